The van der Waals surface area contributed by atoms with Crippen LogP contribution in [0.25, 0.3) is 0 Å². The Hall–Kier alpha value is -0.0200. The van der Waals surface area contributed by atoms with E-state index in [2.05, 4.69) is 0 Å². The maximum absolute atomic E-state index is 5.46. The Labute approximate surface area is 102 Å². The van der Waals surface area contributed by atoms with Gasteiger partial charge in [-0.2, -0.15) is 0 Å². The summed E-state index contributed by atoms with van der Waals surface area (Å²) in [5.41, 5.74) is 0. The molecule has 0 aromatic heterocycles. The van der Waals surface area contributed by atoms with Gasteiger partial charge in [-0.1, -0.05) is 23.7 Å². The molecule has 78 valence electrons. The minimum Gasteiger partial charge on any atom is -0.474 e. The van der Waals surface area contributed by atoms with E-state index in [4.69, 9.17) is 55.9 Å². The van der Waals surface area contributed by atoms with Gasteiger partial charge in [0.05, 0.1) is 0 Å². The number of ether oxygens (including phenoxy) is 2. The van der Waals surface area contributed by atoms with Crippen LogP contribution in [0.2, 0.25) is 0 Å². The van der Waals surface area contributed by atoms with Crippen molar-refractivity contribution in [1.82, 2.24) is 0 Å². The lowest BCUT2D eigenvalue weighted by Crippen LogP contribution is -2.13. The normalized spacial score (nSPS) is 11.1. The molecule has 0 unspecified atom stereocenters. The maximum Gasteiger partial charge on any atom is 0.338 e. The van der Waals surface area contributed by atoms with Crippen molar-refractivity contribution >= 4 is 46.4 Å². The molecule has 0 amide bonds. The Morgan fingerprint density at radius 1 is 1.07 bits per heavy atom. The molecule has 0 saturated carbocycles. The monoisotopic (exact) mass is 274 g/mol. The van der Waals surface area contributed by atoms with Crippen LogP contribution in [0.15, 0.2) is 24.3 Å². The lowest BCUT2D eigenvalue weighted by Gasteiger charge is -2.16. The molecule has 0 spiro atoms. The fourth-order valence-corrected chi connectivity index (χ4v) is 1.20. The van der Waals surface area contributed by atoms with Crippen LogP contribution in [0, 0.1) is 0 Å². The van der Waals surface area contributed by atoms with Gasteiger partial charge in [0.2, 0.25) is 0 Å². The van der Waals surface area contributed by atoms with Gasteiger partial charge in [-0.3, -0.25) is 0 Å². The van der Waals surface area contributed by atoms with Crippen LogP contribution in [0.3, 0.4) is 0 Å². The van der Waals surface area contributed by atoms with Crippen LogP contribution in [0.1, 0.15) is 0 Å². The van der Waals surface area contributed by atoms with Crippen molar-refractivity contribution < 1.29 is 9.47 Å². The molecular formula is C8H6Cl4O2. The van der Waals surface area contributed by atoms with Gasteiger partial charge >= 0.3 is 3.98 Å². The topological polar surface area (TPSA) is 18.5 Å². The van der Waals surface area contributed by atoms with Crippen LogP contribution >= 0.6 is 46.4 Å². The van der Waals surface area contributed by atoms with E-state index in [9.17, 15) is 0 Å². The number of alkyl halides is 4. The van der Waals surface area contributed by atoms with Gasteiger partial charge in [-0.05, 0) is 46.9 Å². The molecule has 0 fully saturated rings. The quantitative estimate of drug-likeness (QED) is 0.777. The number of halogens is 4. The first-order chi connectivity index (χ1) is 6.53. The Bertz CT molecular complexity index is 298. The summed E-state index contributed by atoms with van der Waals surface area (Å²) in [6.45, 7) is 0. The molecule has 0 aliphatic heterocycles. The van der Waals surface area contributed by atoms with E-state index in [-0.39, 0.29) is 6.07 Å². The molecule has 0 saturated heterocycles. The Balaban J connectivity index is 2.84. The number of benzene rings is 1. The van der Waals surface area contributed by atoms with Gasteiger partial charge in [-0.15, -0.1) is 0 Å². The van der Waals surface area contributed by atoms with Gasteiger partial charge in [0.25, 0.3) is 0 Å². The molecule has 0 radical (unpaired) electrons. The molecule has 14 heavy (non-hydrogen) atoms. The predicted molar refractivity (Wildman–Crippen MR) is 58.7 cm³/mol. The smallest absolute Gasteiger partial charge is 0.338 e. The van der Waals surface area contributed by atoms with Crippen molar-refractivity contribution in [2.24, 2.45) is 0 Å². The molecule has 1 aromatic rings. The van der Waals surface area contributed by atoms with Crippen molar-refractivity contribution in [1.29, 1.82) is 0 Å². The average Bonchev–Trinajstić information content (AvgIpc) is 2.06. The molecule has 6 heteroatoms. The lowest BCUT2D eigenvalue weighted by atomic mass is 10.3. The standard InChI is InChI=1S/C8H6Cl4O2/c9-5-13-6-3-1-2-4-7(6)14-8(10,11)12/h1-4H,5H2. The third-order valence-corrected chi connectivity index (χ3v) is 1.63. The second-order valence-corrected chi connectivity index (χ2v) is 4.64. The van der Waals surface area contributed by atoms with Gasteiger partial charge in [-0.25, -0.2) is 0 Å². The largest absolute Gasteiger partial charge is 0.474 e. The highest BCUT2D eigenvalue weighted by molar-refractivity contribution is 6.66. The van der Waals surface area contributed by atoms with Crippen LogP contribution in [-0.2, 0) is 0 Å². The van der Waals surface area contributed by atoms with Gasteiger partial charge in [0, 0.05) is 0 Å². The van der Waals surface area contributed by atoms with E-state index in [1.165, 1.54) is 0 Å². The summed E-state index contributed by atoms with van der Waals surface area (Å²) in [4.78, 5) is 0. The molecular weight excluding hydrogens is 270 g/mol. The summed E-state index contributed by atoms with van der Waals surface area (Å²) in [7, 11) is 0. The van der Waals surface area contributed by atoms with Crippen LogP contribution in [0.5, 0.6) is 11.5 Å². The SMILES string of the molecule is ClCOc1ccccc1OC(Cl)(Cl)Cl. The van der Waals surface area contributed by atoms with Crippen LogP contribution < -0.4 is 9.47 Å². The number of hydrogen-bond acceptors (Lipinski definition) is 2. The fraction of sp³-hybridized carbons (Fsp3) is 0.250. The highest BCUT2D eigenvalue weighted by Gasteiger charge is 2.23. The molecule has 2 nitrogen and oxygen atoms in total. The number of rotatable bonds is 3. The molecule has 0 aliphatic carbocycles. The second kappa shape index (κ2) is 5.17. The molecule has 0 heterocycles. The summed E-state index contributed by atoms with van der Waals surface area (Å²) in [6.07, 6.45) is 0. The Morgan fingerprint density at radius 3 is 2.14 bits per heavy atom. The summed E-state index contributed by atoms with van der Waals surface area (Å²) < 4.78 is 8.23. The fourth-order valence-electron chi connectivity index (χ4n) is 0.837. The molecule has 0 bridgehead atoms. The van der Waals surface area contributed by atoms with Crippen LogP contribution in [0.4, 0.5) is 0 Å². The second-order valence-electron chi connectivity index (χ2n) is 2.25. The minimum atomic E-state index is -1.81. The zero-order valence-corrected chi connectivity index (χ0v) is 9.87. The van der Waals surface area contributed by atoms with Crippen molar-refractivity contribution in [3.8, 4) is 11.5 Å². The third-order valence-electron chi connectivity index (χ3n) is 1.28. The van der Waals surface area contributed by atoms with Crippen LogP contribution in [-0.4, -0.2) is 10.0 Å². The zero-order chi connectivity index (χ0) is 10.6. The van der Waals surface area contributed by atoms with Crippen molar-refractivity contribution in [3.05, 3.63) is 24.3 Å². The summed E-state index contributed by atoms with van der Waals surface area (Å²) in [5, 5.41) is 0. The Kier molecular flexibility index (Phi) is 4.45. The van der Waals surface area contributed by atoms with E-state index < -0.39 is 3.98 Å². The highest BCUT2D eigenvalue weighted by Crippen LogP contribution is 2.35. The molecule has 0 aliphatic rings. The predicted octanol–water partition coefficient (Wildman–Crippen LogP) is 3.97. The van der Waals surface area contributed by atoms with Crippen molar-refractivity contribution in [2.45, 2.75) is 3.98 Å². The van der Waals surface area contributed by atoms with E-state index in [0.29, 0.717) is 11.5 Å². The maximum atomic E-state index is 5.46. The molecule has 1 aromatic carbocycles. The summed E-state index contributed by atoms with van der Waals surface area (Å²) in [6, 6.07) is 6.76. The Morgan fingerprint density at radius 2 is 1.64 bits per heavy atom. The van der Waals surface area contributed by atoms with Gasteiger partial charge in [0.1, 0.15) is 0 Å². The zero-order valence-electron chi connectivity index (χ0n) is 6.84. The first-order valence-electron chi connectivity index (χ1n) is 3.56. The molecule has 0 atom stereocenters. The number of para-hydroxylation sites is 2. The summed E-state index contributed by atoms with van der Waals surface area (Å²) in [5.74, 6) is 0.752. The van der Waals surface area contributed by atoms with E-state index >= 15 is 0 Å². The first-order valence-corrected chi connectivity index (χ1v) is 5.23. The minimum absolute atomic E-state index is 0.000229. The van der Waals surface area contributed by atoms with E-state index in [0.717, 1.165) is 0 Å². The van der Waals surface area contributed by atoms with Gasteiger partial charge < -0.3 is 9.47 Å². The summed E-state index contributed by atoms with van der Waals surface area (Å²) >= 11 is 21.8. The number of hydrogen-bond donors (Lipinski definition) is 0. The third kappa shape index (κ3) is 4.01. The molecule has 1 rings (SSSR count). The first kappa shape index (κ1) is 12.1. The molecule has 0 N–H and O–H groups in total. The highest BCUT2D eigenvalue weighted by atomic mass is 35.6. The van der Waals surface area contributed by atoms with E-state index in [1.807, 2.05) is 0 Å². The lowest BCUT2D eigenvalue weighted by molar-refractivity contribution is 0.290. The average molecular weight is 276 g/mol. The van der Waals surface area contributed by atoms with Crippen molar-refractivity contribution in [2.75, 3.05) is 6.07 Å². The van der Waals surface area contributed by atoms with E-state index in [1.54, 1.807) is 24.3 Å². The van der Waals surface area contributed by atoms with Gasteiger partial charge in [0.15, 0.2) is 17.6 Å². The van der Waals surface area contributed by atoms with Crippen molar-refractivity contribution in [3.63, 3.8) is 0 Å².